The zero-order valence-electron chi connectivity index (χ0n) is 9.47. The van der Waals surface area contributed by atoms with Crippen molar-refractivity contribution in [3.63, 3.8) is 0 Å². The zero-order valence-corrected chi connectivity index (χ0v) is 10.3. The molecule has 0 aliphatic carbocycles. The fourth-order valence-corrected chi connectivity index (χ4v) is 2.26. The summed E-state index contributed by atoms with van der Waals surface area (Å²) in [4.78, 5) is 16.5. The lowest BCUT2D eigenvalue weighted by Gasteiger charge is -2.03. The third-order valence-corrected chi connectivity index (χ3v) is 3.30. The molecular weight excluding hydrogens is 251 g/mol. The number of anilines is 1. The van der Waals surface area contributed by atoms with Gasteiger partial charge >= 0.3 is 0 Å². The van der Waals surface area contributed by atoms with E-state index >= 15 is 0 Å². The molecule has 0 radical (unpaired) electrons. The highest BCUT2D eigenvalue weighted by Crippen LogP contribution is 2.20. The van der Waals surface area contributed by atoms with Crippen LogP contribution in [0, 0.1) is 5.82 Å². The lowest BCUT2D eigenvalue weighted by atomic mass is 10.2. The first kappa shape index (κ1) is 12.6. The minimum absolute atomic E-state index is 0.116. The molecule has 0 saturated heterocycles. The van der Waals surface area contributed by atoms with Crippen LogP contribution in [0.2, 0.25) is 0 Å². The number of hydrogen-bond acceptors (Lipinski definition) is 4. The summed E-state index contributed by atoms with van der Waals surface area (Å²) in [5.74, 6) is 0.00449. The number of thioether (sulfide) groups is 1. The van der Waals surface area contributed by atoms with E-state index in [1.165, 1.54) is 30.1 Å². The van der Waals surface area contributed by atoms with Gasteiger partial charge in [-0.3, -0.25) is 4.79 Å². The summed E-state index contributed by atoms with van der Waals surface area (Å²) < 4.78 is 13.0. The standard InChI is InChI=1S/C13H11FN2OS/c14-9-3-1-4-10(7-9)18-8-12(17)11-5-2-6-16-13(11)15/h1-7H,8H2,(H2,15,16). The van der Waals surface area contributed by atoms with E-state index in [1.807, 2.05) is 0 Å². The number of carbonyl (C=O) groups is 1. The fraction of sp³-hybridized carbons (Fsp3) is 0.0769. The van der Waals surface area contributed by atoms with Crippen molar-refractivity contribution in [1.82, 2.24) is 4.98 Å². The Morgan fingerprint density at radius 3 is 2.89 bits per heavy atom. The van der Waals surface area contributed by atoms with E-state index in [2.05, 4.69) is 4.98 Å². The Labute approximate surface area is 108 Å². The second kappa shape index (κ2) is 5.64. The van der Waals surface area contributed by atoms with Crippen LogP contribution in [0.4, 0.5) is 10.2 Å². The van der Waals surface area contributed by atoms with Crippen LogP contribution >= 0.6 is 11.8 Å². The fourth-order valence-electron chi connectivity index (χ4n) is 1.44. The summed E-state index contributed by atoms with van der Waals surface area (Å²) in [5, 5.41) is 0. The molecule has 0 aliphatic heterocycles. The average Bonchev–Trinajstić information content (AvgIpc) is 2.37. The van der Waals surface area contributed by atoms with Crippen LogP contribution in [0.15, 0.2) is 47.5 Å². The average molecular weight is 262 g/mol. The highest BCUT2D eigenvalue weighted by Gasteiger charge is 2.10. The molecule has 18 heavy (non-hydrogen) atoms. The molecule has 0 spiro atoms. The molecule has 2 rings (SSSR count). The Kier molecular flexibility index (Phi) is 3.94. The van der Waals surface area contributed by atoms with E-state index in [4.69, 9.17) is 5.73 Å². The predicted molar refractivity (Wildman–Crippen MR) is 70.1 cm³/mol. The van der Waals surface area contributed by atoms with E-state index in [9.17, 15) is 9.18 Å². The van der Waals surface area contributed by atoms with Crippen LogP contribution in [0.5, 0.6) is 0 Å². The van der Waals surface area contributed by atoms with Gasteiger partial charge in [0, 0.05) is 11.1 Å². The topological polar surface area (TPSA) is 56.0 Å². The molecule has 0 bridgehead atoms. The van der Waals surface area contributed by atoms with E-state index in [-0.39, 0.29) is 23.2 Å². The number of rotatable bonds is 4. The number of nitrogens with two attached hydrogens (primary N) is 1. The Morgan fingerprint density at radius 2 is 2.17 bits per heavy atom. The third-order valence-electron chi connectivity index (χ3n) is 2.30. The maximum Gasteiger partial charge on any atom is 0.176 e. The molecule has 0 fully saturated rings. The minimum Gasteiger partial charge on any atom is -0.383 e. The van der Waals surface area contributed by atoms with Gasteiger partial charge in [-0.2, -0.15) is 0 Å². The number of ketones is 1. The number of aromatic nitrogens is 1. The molecule has 1 heterocycles. The van der Waals surface area contributed by atoms with Crippen LogP contribution in [0.3, 0.4) is 0 Å². The van der Waals surface area contributed by atoms with Crippen molar-refractivity contribution in [1.29, 1.82) is 0 Å². The Balaban J connectivity index is 2.03. The number of hydrogen-bond donors (Lipinski definition) is 1. The van der Waals surface area contributed by atoms with Gasteiger partial charge in [0.25, 0.3) is 0 Å². The van der Waals surface area contributed by atoms with Gasteiger partial charge < -0.3 is 5.73 Å². The minimum atomic E-state index is -0.312. The summed E-state index contributed by atoms with van der Waals surface area (Å²) in [5.41, 5.74) is 6.02. The molecule has 1 aromatic carbocycles. The second-order valence-electron chi connectivity index (χ2n) is 3.61. The van der Waals surface area contributed by atoms with E-state index < -0.39 is 0 Å². The smallest absolute Gasteiger partial charge is 0.176 e. The van der Waals surface area contributed by atoms with E-state index in [0.29, 0.717) is 10.5 Å². The Bertz CT molecular complexity index is 574. The van der Waals surface area contributed by atoms with Gasteiger partial charge in [-0.25, -0.2) is 9.37 Å². The first-order valence-electron chi connectivity index (χ1n) is 5.29. The first-order valence-corrected chi connectivity index (χ1v) is 6.27. The quantitative estimate of drug-likeness (QED) is 0.680. The number of pyridine rings is 1. The summed E-state index contributed by atoms with van der Waals surface area (Å²) in [6, 6.07) is 9.43. The number of carbonyl (C=O) groups excluding carboxylic acids is 1. The third kappa shape index (κ3) is 3.07. The largest absolute Gasteiger partial charge is 0.383 e. The van der Waals surface area contributed by atoms with Gasteiger partial charge in [0.15, 0.2) is 5.78 Å². The predicted octanol–water partition coefficient (Wildman–Crippen LogP) is 2.78. The van der Waals surface area contributed by atoms with Crippen molar-refractivity contribution < 1.29 is 9.18 Å². The van der Waals surface area contributed by atoms with Crippen LogP contribution in [-0.4, -0.2) is 16.5 Å². The molecule has 0 unspecified atom stereocenters. The molecule has 92 valence electrons. The first-order chi connectivity index (χ1) is 8.66. The van der Waals surface area contributed by atoms with Gasteiger partial charge in [0.05, 0.1) is 11.3 Å². The molecule has 2 N–H and O–H groups in total. The normalized spacial score (nSPS) is 10.3. The molecule has 5 heteroatoms. The van der Waals surface area contributed by atoms with Gasteiger partial charge in [-0.1, -0.05) is 6.07 Å². The molecular formula is C13H11FN2OS. The zero-order chi connectivity index (χ0) is 13.0. The van der Waals surface area contributed by atoms with Crippen molar-refractivity contribution in [2.24, 2.45) is 0 Å². The maximum atomic E-state index is 13.0. The summed E-state index contributed by atoms with van der Waals surface area (Å²) >= 11 is 1.27. The van der Waals surface area contributed by atoms with Crippen LogP contribution in [-0.2, 0) is 0 Å². The molecule has 3 nitrogen and oxygen atoms in total. The van der Waals surface area contributed by atoms with Crippen LogP contribution < -0.4 is 5.73 Å². The molecule has 0 saturated carbocycles. The van der Waals surface area contributed by atoms with Gasteiger partial charge in [-0.05, 0) is 30.3 Å². The SMILES string of the molecule is Nc1ncccc1C(=O)CSc1cccc(F)c1. The summed E-state index contributed by atoms with van der Waals surface area (Å²) in [6.07, 6.45) is 1.53. The van der Waals surface area contributed by atoms with Gasteiger partial charge in [-0.15, -0.1) is 11.8 Å². The van der Waals surface area contributed by atoms with Crippen molar-refractivity contribution in [3.05, 3.63) is 54.0 Å². The monoisotopic (exact) mass is 262 g/mol. The highest BCUT2D eigenvalue weighted by molar-refractivity contribution is 8.00. The van der Waals surface area contributed by atoms with Crippen molar-refractivity contribution >= 4 is 23.4 Å². The maximum absolute atomic E-state index is 13.0. The van der Waals surface area contributed by atoms with E-state index in [1.54, 1.807) is 24.3 Å². The van der Waals surface area contributed by atoms with Crippen LogP contribution in [0.25, 0.3) is 0 Å². The lowest BCUT2D eigenvalue weighted by molar-refractivity contribution is 0.102. The van der Waals surface area contributed by atoms with Crippen LogP contribution in [0.1, 0.15) is 10.4 Å². The number of Topliss-reactive ketones (excluding diaryl/α,β-unsaturated/α-hetero) is 1. The Hall–Kier alpha value is -1.88. The van der Waals surface area contributed by atoms with E-state index in [0.717, 1.165) is 0 Å². The number of benzene rings is 1. The summed E-state index contributed by atoms with van der Waals surface area (Å²) in [7, 11) is 0. The summed E-state index contributed by atoms with van der Waals surface area (Å²) in [6.45, 7) is 0. The second-order valence-corrected chi connectivity index (χ2v) is 4.65. The Morgan fingerprint density at radius 1 is 1.33 bits per heavy atom. The van der Waals surface area contributed by atoms with Gasteiger partial charge in [0.1, 0.15) is 11.6 Å². The molecule has 0 amide bonds. The highest BCUT2D eigenvalue weighted by atomic mass is 32.2. The molecule has 0 aliphatic rings. The molecule has 2 aromatic rings. The number of nitrogens with zero attached hydrogens (tertiary/aromatic N) is 1. The number of halogens is 1. The van der Waals surface area contributed by atoms with Crippen molar-refractivity contribution in [2.75, 3.05) is 11.5 Å². The molecule has 1 aromatic heterocycles. The molecule has 0 atom stereocenters. The van der Waals surface area contributed by atoms with Crippen molar-refractivity contribution in [3.8, 4) is 0 Å². The number of nitrogen functional groups attached to an aromatic ring is 1. The lowest BCUT2D eigenvalue weighted by Crippen LogP contribution is -2.07. The van der Waals surface area contributed by atoms with Crippen molar-refractivity contribution in [2.45, 2.75) is 4.90 Å². The van der Waals surface area contributed by atoms with Gasteiger partial charge in [0.2, 0.25) is 0 Å².